The van der Waals surface area contributed by atoms with Crippen LogP contribution in [0.2, 0.25) is 0 Å². The van der Waals surface area contributed by atoms with Gasteiger partial charge >= 0.3 is 0 Å². The molecular weight excluding hydrogens is 236 g/mol. The number of hydrogen-bond acceptors (Lipinski definition) is 2. The number of amides is 1. The molecule has 110 valence electrons. The van der Waals surface area contributed by atoms with Gasteiger partial charge in [-0.1, -0.05) is 64.4 Å². The molecule has 0 radical (unpaired) electrons. The molecule has 19 heavy (non-hydrogen) atoms. The minimum absolute atomic E-state index is 0.0173. The SMILES string of the molecule is CC=CC=NNC(=O)CCCCCCCCCCC. The van der Waals surface area contributed by atoms with Crippen LogP contribution in [-0.4, -0.2) is 12.1 Å². The van der Waals surface area contributed by atoms with Gasteiger partial charge in [-0.3, -0.25) is 4.79 Å². The maximum atomic E-state index is 11.4. The van der Waals surface area contributed by atoms with Crippen LogP contribution < -0.4 is 5.43 Å². The minimum Gasteiger partial charge on any atom is -0.273 e. The average molecular weight is 266 g/mol. The summed E-state index contributed by atoms with van der Waals surface area (Å²) in [6, 6.07) is 0. The third-order valence-electron chi connectivity index (χ3n) is 3.05. The summed E-state index contributed by atoms with van der Waals surface area (Å²) in [6.45, 7) is 4.16. The molecule has 0 aliphatic carbocycles. The normalized spacial score (nSPS) is 11.5. The van der Waals surface area contributed by atoms with Crippen LogP contribution in [0.25, 0.3) is 0 Å². The van der Waals surface area contributed by atoms with Crippen LogP contribution in [-0.2, 0) is 4.79 Å². The average Bonchev–Trinajstić information content (AvgIpc) is 2.42. The standard InChI is InChI=1S/C16H30N2O/c1-3-5-7-8-9-10-11-12-13-14-16(19)18-17-15-6-4-2/h4,6,15H,3,5,7-14H2,1-2H3,(H,18,19). The van der Waals surface area contributed by atoms with Crippen molar-refractivity contribution in [3.63, 3.8) is 0 Å². The molecule has 1 N–H and O–H groups in total. The minimum atomic E-state index is 0.0173. The first kappa shape index (κ1) is 17.9. The van der Waals surface area contributed by atoms with E-state index >= 15 is 0 Å². The number of rotatable bonds is 12. The Kier molecular flexibility index (Phi) is 14.1. The lowest BCUT2D eigenvalue weighted by Gasteiger charge is -2.01. The van der Waals surface area contributed by atoms with E-state index in [9.17, 15) is 4.79 Å². The maximum Gasteiger partial charge on any atom is 0.240 e. The van der Waals surface area contributed by atoms with Crippen molar-refractivity contribution in [3.05, 3.63) is 12.2 Å². The Morgan fingerprint density at radius 3 is 2.16 bits per heavy atom. The predicted octanol–water partition coefficient (Wildman–Crippen LogP) is 4.59. The van der Waals surface area contributed by atoms with Gasteiger partial charge < -0.3 is 0 Å². The Morgan fingerprint density at radius 1 is 1.00 bits per heavy atom. The van der Waals surface area contributed by atoms with Crippen molar-refractivity contribution in [2.75, 3.05) is 0 Å². The molecule has 0 heterocycles. The highest BCUT2D eigenvalue weighted by Crippen LogP contribution is 2.10. The van der Waals surface area contributed by atoms with Gasteiger partial charge in [0.1, 0.15) is 0 Å². The molecule has 0 unspecified atom stereocenters. The van der Waals surface area contributed by atoms with Gasteiger partial charge in [-0.05, 0) is 19.4 Å². The van der Waals surface area contributed by atoms with Crippen LogP contribution in [0.1, 0.15) is 78.1 Å². The molecule has 0 aromatic heterocycles. The number of nitrogens with one attached hydrogen (secondary N) is 1. The third-order valence-corrected chi connectivity index (χ3v) is 3.05. The Labute approximate surface area is 118 Å². The molecule has 0 aliphatic heterocycles. The van der Waals surface area contributed by atoms with Crippen molar-refractivity contribution in [2.24, 2.45) is 5.10 Å². The first-order chi connectivity index (χ1) is 9.31. The summed E-state index contributed by atoms with van der Waals surface area (Å²) in [5, 5.41) is 3.81. The first-order valence-corrected chi connectivity index (χ1v) is 7.74. The van der Waals surface area contributed by atoms with Gasteiger partial charge in [-0.25, -0.2) is 5.43 Å². The highest BCUT2D eigenvalue weighted by atomic mass is 16.2. The number of hydrogen-bond donors (Lipinski definition) is 1. The zero-order valence-corrected chi connectivity index (χ0v) is 12.7. The van der Waals surface area contributed by atoms with Gasteiger partial charge in [0.2, 0.25) is 5.91 Å². The van der Waals surface area contributed by atoms with Gasteiger partial charge in [0.15, 0.2) is 0 Å². The van der Waals surface area contributed by atoms with E-state index < -0.39 is 0 Å². The smallest absolute Gasteiger partial charge is 0.240 e. The summed E-state index contributed by atoms with van der Waals surface area (Å²) in [6.07, 6.45) is 17.3. The largest absolute Gasteiger partial charge is 0.273 e. The van der Waals surface area contributed by atoms with E-state index in [0.717, 1.165) is 12.8 Å². The molecule has 0 spiro atoms. The highest BCUT2D eigenvalue weighted by molar-refractivity contribution is 5.78. The molecule has 3 nitrogen and oxygen atoms in total. The van der Waals surface area contributed by atoms with E-state index in [1.807, 2.05) is 13.0 Å². The predicted molar refractivity (Wildman–Crippen MR) is 83.3 cm³/mol. The van der Waals surface area contributed by atoms with Crippen molar-refractivity contribution in [1.82, 2.24) is 5.43 Å². The summed E-state index contributed by atoms with van der Waals surface area (Å²) < 4.78 is 0. The fourth-order valence-corrected chi connectivity index (χ4v) is 1.89. The molecule has 0 bridgehead atoms. The van der Waals surface area contributed by atoms with Crippen LogP contribution in [0, 0.1) is 0 Å². The van der Waals surface area contributed by atoms with Crippen LogP contribution in [0.15, 0.2) is 17.3 Å². The number of nitrogens with zero attached hydrogens (tertiary/aromatic N) is 1. The zero-order chi connectivity index (χ0) is 14.2. The Morgan fingerprint density at radius 2 is 1.58 bits per heavy atom. The Bertz CT molecular complexity index is 259. The van der Waals surface area contributed by atoms with Gasteiger partial charge in [0.05, 0.1) is 0 Å². The molecule has 0 fully saturated rings. The molecule has 1 amide bonds. The monoisotopic (exact) mass is 266 g/mol. The fourth-order valence-electron chi connectivity index (χ4n) is 1.89. The molecule has 0 atom stereocenters. The molecule has 3 heteroatoms. The molecule has 0 aliphatic rings. The lowest BCUT2D eigenvalue weighted by Crippen LogP contribution is -2.16. The molecule has 0 rings (SSSR count). The van der Waals surface area contributed by atoms with Crippen molar-refractivity contribution in [3.8, 4) is 0 Å². The second kappa shape index (κ2) is 14.9. The lowest BCUT2D eigenvalue weighted by atomic mass is 10.1. The number of allylic oxidation sites excluding steroid dienone is 2. The first-order valence-electron chi connectivity index (χ1n) is 7.74. The summed E-state index contributed by atoms with van der Waals surface area (Å²) >= 11 is 0. The topological polar surface area (TPSA) is 41.5 Å². The van der Waals surface area contributed by atoms with Gasteiger partial charge in [0.25, 0.3) is 0 Å². The molecule has 0 saturated carbocycles. The van der Waals surface area contributed by atoms with E-state index in [0.29, 0.717) is 6.42 Å². The van der Waals surface area contributed by atoms with Crippen molar-refractivity contribution < 1.29 is 4.79 Å². The molecule has 0 aromatic rings. The number of carbonyl (C=O) groups is 1. The fraction of sp³-hybridized carbons (Fsp3) is 0.750. The zero-order valence-electron chi connectivity index (χ0n) is 12.7. The molecular formula is C16H30N2O. The molecule has 0 saturated heterocycles. The van der Waals surface area contributed by atoms with E-state index in [4.69, 9.17) is 0 Å². The highest BCUT2D eigenvalue weighted by Gasteiger charge is 1.98. The Hall–Kier alpha value is -1.12. The van der Waals surface area contributed by atoms with Crippen molar-refractivity contribution >= 4 is 12.1 Å². The summed E-state index contributed by atoms with van der Waals surface area (Å²) in [4.78, 5) is 11.4. The third kappa shape index (κ3) is 14.8. The maximum absolute atomic E-state index is 11.4. The van der Waals surface area contributed by atoms with Crippen LogP contribution in [0.5, 0.6) is 0 Å². The number of carbonyl (C=O) groups excluding carboxylic acids is 1. The summed E-state index contributed by atoms with van der Waals surface area (Å²) in [7, 11) is 0. The number of unbranched alkanes of at least 4 members (excludes halogenated alkanes) is 8. The van der Waals surface area contributed by atoms with Crippen LogP contribution >= 0.6 is 0 Å². The van der Waals surface area contributed by atoms with E-state index in [1.165, 1.54) is 44.9 Å². The van der Waals surface area contributed by atoms with Gasteiger partial charge in [-0.15, -0.1) is 0 Å². The number of hydrazone groups is 1. The second-order valence-corrected chi connectivity index (χ2v) is 4.92. The van der Waals surface area contributed by atoms with E-state index in [2.05, 4.69) is 17.5 Å². The van der Waals surface area contributed by atoms with Crippen LogP contribution in [0.4, 0.5) is 0 Å². The quantitative estimate of drug-likeness (QED) is 0.313. The lowest BCUT2D eigenvalue weighted by molar-refractivity contribution is -0.121. The van der Waals surface area contributed by atoms with Crippen molar-refractivity contribution in [2.45, 2.75) is 78.1 Å². The van der Waals surface area contributed by atoms with E-state index in [1.54, 1.807) is 12.3 Å². The second-order valence-electron chi connectivity index (χ2n) is 4.92. The van der Waals surface area contributed by atoms with E-state index in [-0.39, 0.29) is 5.91 Å². The Balaban J connectivity index is 3.23. The summed E-state index contributed by atoms with van der Waals surface area (Å²) in [5.74, 6) is 0.0173. The summed E-state index contributed by atoms with van der Waals surface area (Å²) in [5.41, 5.74) is 2.52. The van der Waals surface area contributed by atoms with Gasteiger partial charge in [0, 0.05) is 12.6 Å². The van der Waals surface area contributed by atoms with Gasteiger partial charge in [-0.2, -0.15) is 5.10 Å². The van der Waals surface area contributed by atoms with Crippen molar-refractivity contribution in [1.29, 1.82) is 0 Å². The van der Waals surface area contributed by atoms with Crippen LogP contribution in [0.3, 0.4) is 0 Å². The molecule has 0 aromatic carbocycles.